The number of Topliss-reactive ketones (excluding diaryl/α,β-unsaturated/α-hetero) is 1. The van der Waals surface area contributed by atoms with Gasteiger partial charge in [0, 0.05) is 22.7 Å². The number of rotatable bonds is 4. The molecule has 0 saturated heterocycles. The Labute approximate surface area is 146 Å². The summed E-state index contributed by atoms with van der Waals surface area (Å²) in [4.78, 5) is 27.6. The summed E-state index contributed by atoms with van der Waals surface area (Å²) >= 11 is 5.74. The van der Waals surface area contributed by atoms with Crippen LogP contribution in [0.15, 0.2) is 42.6 Å². The number of aromatic nitrogens is 1. The molecule has 3 rings (SSSR count). The monoisotopic (exact) mass is 363 g/mol. The number of carbonyl (C=O) groups excluding carboxylic acids is 2. The fraction of sp³-hybridized carbons (Fsp3) is 0.111. The molecule has 25 heavy (non-hydrogen) atoms. The number of para-hydroxylation sites is 1. The van der Waals surface area contributed by atoms with Gasteiger partial charge in [-0.1, -0.05) is 29.8 Å². The fourth-order valence-corrected chi connectivity index (χ4v) is 2.68. The maximum atomic E-state index is 13.3. The van der Waals surface area contributed by atoms with Crippen molar-refractivity contribution in [1.82, 2.24) is 4.98 Å². The van der Waals surface area contributed by atoms with Crippen LogP contribution in [0.2, 0.25) is 5.02 Å². The third kappa shape index (κ3) is 3.25. The van der Waals surface area contributed by atoms with Crippen LogP contribution in [0.1, 0.15) is 27.6 Å². The number of nitrogens with one attached hydrogen (secondary N) is 1. The smallest absolute Gasteiger partial charge is 0.340 e. The molecule has 0 aliphatic heterocycles. The number of hydrogen-bond acceptors (Lipinski definition) is 3. The summed E-state index contributed by atoms with van der Waals surface area (Å²) in [5.74, 6) is -3.84. The summed E-state index contributed by atoms with van der Waals surface area (Å²) in [7, 11) is 0. The lowest BCUT2D eigenvalue weighted by Gasteiger charge is -2.13. The molecular weight excluding hydrogens is 352 g/mol. The second-order valence-corrected chi connectivity index (χ2v) is 5.81. The van der Waals surface area contributed by atoms with Gasteiger partial charge < -0.3 is 9.72 Å². The molecule has 0 radical (unpaired) electrons. The number of esters is 1. The van der Waals surface area contributed by atoms with Crippen molar-refractivity contribution in [3.8, 4) is 0 Å². The molecule has 128 valence electrons. The summed E-state index contributed by atoms with van der Waals surface area (Å²) in [6, 6.07) is 8.50. The highest BCUT2D eigenvalue weighted by Gasteiger charge is 2.24. The first-order valence-corrected chi connectivity index (χ1v) is 7.72. The van der Waals surface area contributed by atoms with E-state index in [0.29, 0.717) is 23.1 Å². The Morgan fingerprint density at radius 3 is 2.56 bits per heavy atom. The van der Waals surface area contributed by atoms with Gasteiger partial charge in [-0.05, 0) is 25.1 Å². The van der Waals surface area contributed by atoms with Gasteiger partial charge in [-0.15, -0.1) is 0 Å². The minimum Gasteiger partial charge on any atom is -0.451 e. The zero-order valence-electron chi connectivity index (χ0n) is 13.0. The highest BCUT2D eigenvalue weighted by molar-refractivity contribution is 6.33. The molecule has 0 unspecified atom stereocenters. The van der Waals surface area contributed by atoms with Crippen molar-refractivity contribution >= 4 is 34.3 Å². The van der Waals surface area contributed by atoms with Crippen molar-refractivity contribution in [2.24, 2.45) is 0 Å². The molecule has 7 heteroatoms. The average Bonchev–Trinajstić information content (AvgIpc) is 3.01. The quantitative estimate of drug-likeness (QED) is 0.421. The average molecular weight is 364 g/mol. The van der Waals surface area contributed by atoms with Gasteiger partial charge in [0.2, 0.25) is 5.78 Å². The van der Waals surface area contributed by atoms with E-state index in [0.717, 1.165) is 5.52 Å². The number of halogens is 3. The van der Waals surface area contributed by atoms with Gasteiger partial charge in [0.25, 0.3) is 0 Å². The van der Waals surface area contributed by atoms with E-state index < -0.39 is 29.5 Å². The van der Waals surface area contributed by atoms with Gasteiger partial charge in [0.05, 0.1) is 10.6 Å². The number of hydrogen-bond donors (Lipinski definition) is 1. The Hall–Kier alpha value is -2.73. The number of aromatic amines is 1. The zero-order valence-corrected chi connectivity index (χ0v) is 13.7. The molecule has 1 aromatic heterocycles. The van der Waals surface area contributed by atoms with Crippen LogP contribution < -0.4 is 0 Å². The molecule has 1 atom stereocenters. The topological polar surface area (TPSA) is 59.2 Å². The van der Waals surface area contributed by atoms with E-state index >= 15 is 0 Å². The van der Waals surface area contributed by atoms with Gasteiger partial charge in [-0.3, -0.25) is 4.79 Å². The molecule has 3 aromatic rings. The SMILES string of the molecule is C[C@@H](OC(=O)c1cc(F)c(F)cc1Cl)C(=O)c1c[nH]c2ccccc12. The molecular formula is C18H12ClF2NO3. The van der Waals surface area contributed by atoms with Gasteiger partial charge in [-0.25, -0.2) is 13.6 Å². The Morgan fingerprint density at radius 1 is 1.12 bits per heavy atom. The molecule has 0 aliphatic carbocycles. The fourth-order valence-electron chi connectivity index (χ4n) is 2.45. The molecule has 0 bridgehead atoms. The minimum absolute atomic E-state index is 0.296. The van der Waals surface area contributed by atoms with Crippen LogP contribution in [-0.2, 0) is 4.74 Å². The Balaban J connectivity index is 1.82. The first-order valence-electron chi connectivity index (χ1n) is 7.34. The van der Waals surface area contributed by atoms with Gasteiger partial charge in [-0.2, -0.15) is 0 Å². The first-order chi connectivity index (χ1) is 11.9. The standard InChI is InChI=1S/C18H12ClF2NO3/c1-9(17(23)12-8-22-16-5-3-2-4-10(12)16)25-18(24)11-6-14(20)15(21)7-13(11)19/h2-9,22H,1H3/t9-/m1/s1. The Bertz CT molecular complexity index is 984. The van der Waals surface area contributed by atoms with Crippen LogP contribution in [0.5, 0.6) is 0 Å². The number of H-pyrrole nitrogens is 1. The highest BCUT2D eigenvalue weighted by Crippen LogP contribution is 2.23. The molecule has 1 N–H and O–H groups in total. The summed E-state index contributed by atoms with van der Waals surface area (Å²) in [6.07, 6.45) is 0.401. The van der Waals surface area contributed by atoms with Crippen LogP contribution in [0.25, 0.3) is 10.9 Å². The summed E-state index contributed by atoms with van der Waals surface area (Å²) in [5, 5.41) is 0.400. The van der Waals surface area contributed by atoms with Crippen molar-refractivity contribution in [1.29, 1.82) is 0 Å². The second kappa shape index (κ2) is 6.64. The molecule has 2 aromatic carbocycles. The second-order valence-electron chi connectivity index (χ2n) is 5.41. The van der Waals surface area contributed by atoms with Gasteiger partial charge >= 0.3 is 5.97 Å². The molecule has 0 spiro atoms. The predicted molar refractivity (Wildman–Crippen MR) is 88.9 cm³/mol. The zero-order chi connectivity index (χ0) is 18.1. The van der Waals surface area contributed by atoms with Gasteiger partial charge in [0.15, 0.2) is 17.7 Å². The predicted octanol–water partition coefficient (Wildman–Crippen LogP) is 4.53. The van der Waals surface area contributed by atoms with E-state index in [1.807, 2.05) is 12.1 Å². The van der Waals surface area contributed by atoms with Crippen molar-refractivity contribution in [2.75, 3.05) is 0 Å². The lowest BCUT2D eigenvalue weighted by Crippen LogP contribution is -2.24. The number of fused-ring (bicyclic) bond motifs is 1. The maximum Gasteiger partial charge on any atom is 0.340 e. The summed E-state index contributed by atoms with van der Waals surface area (Å²) in [5.41, 5.74) is 0.791. The van der Waals surface area contributed by atoms with Crippen LogP contribution in [0.4, 0.5) is 8.78 Å². The largest absolute Gasteiger partial charge is 0.451 e. The number of ketones is 1. The number of benzene rings is 2. The van der Waals surface area contributed by atoms with Crippen LogP contribution >= 0.6 is 11.6 Å². The molecule has 0 amide bonds. The molecule has 0 fully saturated rings. The van der Waals surface area contributed by atoms with Crippen molar-refractivity contribution in [3.63, 3.8) is 0 Å². The molecule has 1 heterocycles. The van der Waals surface area contributed by atoms with Crippen LogP contribution in [-0.4, -0.2) is 22.8 Å². The van der Waals surface area contributed by atoms with E-state index in [9.17, 15) is 18.4 Å². The van der Waals surface area contributed by atoms with E-state index in [1.54, 1.807) is 12.1 Å². The number of ether oxygens (including phenoxy) is 1. The maximum absolute atomic E-state index is 13.3. The summed E-state index contributed by atoms with van der Waals surface area (Å²) in [6.45, 7) is 1.40. The van der Waals surface area contributed by atoms with Crippen molar-refractivity contribution in [3.05, 3.63) is 70.4 Å². The van der Waals surface area contributed by atoms with E-state index in [1.165, 1.54) is 13.1 Å². The van der Waals surface area contributed by atoms with Gasteiger partial charge in [0.1, 0.15) is 0 Å². The highest BCUT2D eigenvalue weighted by atomic mass is 35.5. The lowest BCUT2D eigenvalue weighted by molar-refractivity contribution is 0.0319. The third-order valence-electron chi connectivity index (χ3n) is 3.74. The van der Waals surface area contributed by atoms with E-state index in [-0.39, 0.29) is 10.6 Å². The minimum atomic E-state index is -1.23. The normalized spacial score (nSPS) is 12.2. The molecule has 4 nitrogen and oxygen atoms in total. The lowest BCUT2D eigenvalue weighted by atomic mass is 10.1. The Morgan fingerprint density at radius 2 is 1.80 bits per heavy atom. The van der Waals surface area contributed by atoms with E-state index in [4.69, 9.17) is 16.3 Å². The first kappa shape index (κ1) is 17.1. The van der Waals surface area contributed by atoms with E-state index in [2.05, 4.69) is 4.98 Å². The van der Waals surface area contributed by atoms with Crippen molar-refractivity contribution < 1.29 is 23.1 Å². The Kier molecular flexibility index (Phi) is 4.55. The number of carbonyl (C=O) groups is 2. The van der Waals surface area contributed by atoms with Crippen LogP contribution in [0, 0.1) is 11.6 Å². The molecule has 0 aliphatic rings. The van der Waals surface area contributed by atoms with Crippen molar-refractivity contribution in [2.45, 2.75) is 13.0 Å². The molecule has 0 saturated carbocycles. The third-order valence-corrected chi connectivity index (χ3v) is 4.05. The summed E-state index contributed by atoms with van der Waals surface area (Å²) < 4.78 is 31.5. The van der Waals surface area contributed by atoms with Crippen LogP contribution in [0.3, 0.4) is 0 Å².